The summed E-state index contributed by atoms with van der Waals surface area (Å²) in [4.78, 5) is 0.0751. The molecule has 0 radical (unpaired) electrons. The number of rotatable bonds is 4. The normalized spacial score (nSPS) is 14.9. The van der Waals surface area contributed by atoms with Gasteiger partial charge in [-0.25, -0.2) is 21.6 Å². The Kier molecular flexibility index (Phi) is 6.30. The van der Waals surface area contributed by atoms with Gasteiger partial charge in [0.15, 0.2) is 0 Å². The van der Waals surface area contributed by atoms with Gasteiger partial charge in [-0.05, 0) is 42.9 Å². The number of para-hydroxylation sites is 1. The highest BCUT2D eigenvalue weighted by atomic mass is 35.5. The molecule has 1 aliphatic rings. The van der Waals surface area contributed by atoms with Crippen LogP contribution in [0.3, 0.4) is 0 Å². The molecular formula is C16H20ClN3O4S2. The smallest absolute Gasteiger partial charge is 0.264 e. The third kappa shape index (κ3) is 3.86. The van der Waals surface area contributed by atoms with Crippen LogP contribution in [0.25, 0.3) is 0 Å². The summed E-state index contributed by atoms with van der Waals surface area (Å²) in [6.45, 7) is 1.43. The number of sulfonamides is 2. The summed E-state index contributed by atoms with van der Waals surface area (Å²) in [7, 11) is -6.09. The number of hydrogen-bond acceptors (Lipinski definition) is 5. The van der Waals surface area contributed by atoms with Crippen LogP contribution < -0.4 is 14.3 Å². The molecule has 0 aliphatic carbocycles. The van der Waals surface area contributed by atoms with Gasteiger partial charge in [0.25, 0.3) is 10.0 Å². The molecule has 0 spiro atoms. The van der Waals surface area contributed by atoms with Gasteiger partial charge in [0.2, 0.25) is 10.0 Å². The van der Waals surface area contributed by atoms with Gasteiger partial charge in [0.1, 0.15) is 0 Å². The molecule has 0 atom stereocenters. The van der Waals surface area contributed by atoms with E-state index in [1.807, 2.05) is 12.1 Å². The van der Waals surface area contributed by atoms with E-state index in [1.165, 1.54) is 35.6 Å². The van der Waals surface area contributed by atoms with Gasteiger partial charge in [-0.15, -0.1) is 12.4 Å². The second kappa shape index (κ2) is 7.93. The molecule has 2 aromatic carbocycles. The zero-order valence-corrected chi connectivity index (χ0v) is 16.5. The molecule has 1 aliphatic heterocycles. The summed E-state index contributed by atoms with van der Waals surface area (Å²) in [5.74, 6) is 0. The molecule has 0 fully saturated rings. The van der Waals surface area contributed by atoms with Crippen molar-refractivity contribution in [1.82, 2.24) is 10.0 Å². The lowest BCUT2D eigenvalue weighted by Gasteiger charge is -2.24. The zero-order chi connectivity index (χ0) is 18.1. The molecule has 7 nitrogen and oxygen atoms in total. The summed E-state index contributed by atoms with van der Waals surface area (Å²) in [5, 5.41) is 3.20. The van der Waals surface area contributed by atoms with E-state index in [2.05, 4.69) is 10.0 Å². The van der Waals surface area contributed by atoms with Crippen molar-refractivity contribution in [2.75, 3.05) is 24.4 Å². The molecule has 3 rings (SSSR count). The van der Waals surface area contributed by atoms with Crippen LogP contribution in [-0.2, 0) is 26.6 Å². The quantitative estimate of drug-likeness (QED) is 0.782. The van der Waals surface area contributed by atoms with Gasteiger partial charge in [0, 0.05) is 19.6 Å². The predicted molar refractivity (Wildman–Crippen MR) is 103 cm³/mol. The molecule has 0 bridgehead atoms. The summed E-state index contributed by atoms with van der Waals surface area (Å²) in [6, 6.07) is 12.6. The minimum atomic E-state index is -3.79. The molecule has 1 heterocycles. The molecule has 0 saturated carbocycles. The lowest BCUT2D eigenvalue weighted by molar-refractivity contribution is 0.585. The lowest BCUT2D eigenvalue weighted by Crippen LogP contribution is -2.34. The molecule has 26 heavy (non-hydrogen) atoms. The van der Waals surface area contributed by atoms with Crippen LogP contribution in [0.4, 0.5) is 5.69 Å². The average molecular weight is 418 g/mol. The van der Waals surface area contributed by atoms with Gasteiger partial charge in [0.05, 0.1) is 15.5 Å². The van der Waals surface area contributed by atoms with E-state index in [0.29, 0.717) is 25.3 Å². The van der Waals surface area contributed by atoms with Crippen LogP contribution in [0.1, 0.15) is 5.56 Å². The van der Waals surface area contributed by atoms with E-state index in [0.717, 1.165) is 5.56 Å². The number of halogens is 1. The van der Waals surface area contributed by atoms with E-state index in [-0.39, 0.29) is 22.2 Å². The fourth-order valence-corrected chi connectivity index (χ4v) is 4.95. The molecule has 0 unspecified atom stereocenters. The Bertz CT molecular complexity index is 977. The highest BCUT2D eigenvalue weighted by molar-refractivity contribution is 7.93. The SMILES string of the molecule is CNS(=O)(=O)c1ccc(S(=O)(=O)N2CCNCc3ccccc32)cc1.Cl. The Balaban J connectivity index is 0.00000243. The maximum absolute atomic E-state index is 13.1. The molecule has 142 valence electrons. The monoisotopic (exact) mass is 417 g/mol. The molecule has 10 heteroatoms. The fourth-order valence-electron chi connectivity index (χ4n) is 2.71. The molecular weight excluding hydrogens is 398 g/mol. The maximum Gasteiger partial charge on any atom is 0.264 e. The van der Waals surface area contributed by atoms with Gasteiger partial charge in [-0.3, -0.25) is 4.31 Å². The standard InChI is InChI=1S/C16H19N3O4S2.ClH/c1-17-24(20,21)14-6-8-15(9-7-14)25(22,23)19-11-10-18-12-13-4-2-3-5-16(13)19;/h2-9,17-18H,10-12H2,1H3;1H. The predicted octanol–water partition coefficient (Wildman–Crippen LogP) is 1.31. The van der Waals surface area contributed by atoms with E-state index in [1.54, 1.807) is 12.1 Å². The topological polar surface area (TPSA) is 95.6 Å². The van der Waals surface area contributed by atoms with Gasteiger partial charge < -0.3 is 5.32 Å². The number of anilines is 1. The number of hydrogen-bond donors (Lipinski definition) is 2. The van der Waals surface area contributed by atoms with Crippen molar-refractivity contribution in [2.45, 2.75) is 16.3 Å². The largest absolute Gasteiger partial charge is 0.311 e. The highest BCUT2D eigenvalue weighted by Crippen LogP contribution is 2.28. The zero-order valence-electron chi connectivity index (χ0n) is 14.0. The van der Waals surface area contributed by atoms with Crippen molar-refractivity contribution in [3.8, 4) is 0 Å². The van der Waals surface area contributed by atoms with Gasteiger partial charge in [-0.2, -0.15) is 0 Å². The number of nitrogens with zero attached hydrogens (tertiary/aromatic N) is 1. The Hall–Kier alpha value is -1.65. The van der Waals surface area contributed by atoms with Crippen molar-refractivity contribution in [3.63, 3.8) is 0 Å². The minimum absolute atomic E-state index is 0. The first-order chi connectivity index (χ1) is 11.9. The first-order valence-corrected chi connectivity index (χ1v) is 10.6. The summed E-state index contributed by atoms with van der Waals surface area (Å²) < 4.78 is 53.3. The van der Waals surface area contributed by atoms with Crippen molar-refractivity contribution >= 4 is 38.1 Å². The average Bonchev–Trinajstić information content (AvgIpc) is 2.84. The fraction of sp³-hybridized carbons (Fsp3) is 0.250. The van der Waals surface area contributed by atoms with Crippen molar-refractivity contribution in [1.29, 1.82) is 0 Å². The van der Waals surface area contributed by atoms with Crippen LogP contribution in [0, 0.1) is 0 Å². The van der Waals surface area contributed by atoms with Crippen LogP contribution in [0.15, 0.2) is 58.3 Å². The minimum Gasteiger partial charge on any atom is -0.311 e. The maximum atomic E-state index is 13.1. The van der Waals surface area contributed by atoms with Crippen LogP contribution >= 0.6 is 12.4 Å². The van der Waals surface area contributed by atoms with Crippen LogP contribution in [0.5, 0.6) is 0 Å². The number of fused-ring (bicyclic) bond motifs is 1. The first-order valence-electron chi connectivity index (χ1n) is 7.71. The number of nitrogens with one attached hydrogen (secondary N) is 2. The van der Waals surface area contributed by atoms with Crippen molar-refractivity contribution < 1.29 is 16.8 Å². The van der Waals surface area contributed by atoms with Gasteiger partial charge in [-0.1, -0.05) is 18.2 Å². The highest BCUT2D eigenvalue weighted by Gasteiger charge is 2.28. The third-order valence-electron chi connectivity index (χ3n) is 4.06. The van der Waals surface area contributed by atoms with Crippen LogP contribution in [-0.4, -0.2) is 37.0 Å². The molecule has 0 aromatic heterocycles. The first kappa shape index (κ1) is 20.7. The second-order valence-corrected chi connectivity index (χ2v) is 9.31. The summed E-state index contributed by atoms with van der Waals surface area (Å²) in [6.07, 6.45) is 0. The Morgan fingerprint density at radius 1 is 0.962 bits per heavy atom. The van der Waals surface area contributed by atoms with E-state index in [4.69, 9.17) is 0 Å². The lowest BCUT2D eigenvalue weighted by atomic mass is 10.2. The van der Waals surface area contributed by atoms with Crippen molar-refractivity contribution in [2.24, 2.45) is 0 Å². The Labute approximate surface area is 159 Å². The second-order valence-electron chi connectivity index (χ2n) is 5.56. The summed E-state index contributed by atoms with van der Waals surface area (Å²) >= 11 is 0. The van der Waals surface area contributed by atoms with Crippen LogP contribution in [0.2, 0.25) is 0 Å². The third-order valence-corrected chi connectivity index (χ3v) is 7.32. The van der Waals surface area contributed by atoms with E-state index < -0.39 is 20.0 Å². The molecule has 0 saturated heterocycles. The summed E-state index contributed by atoms with van der Waals surface area (Å²) in [5.41, 5.74) is 1.54. The van der Waals surface area contributed by atoms with E-state index in [9.17, 15) is 16.8 Å². The van der Waals surface area contributed by atoms with Gasteiger partial charge >= 0.3 is 0 Å². The van der Waals surface area contributed by atoms with E-state index >= 15 is 0 Å². The number of benzene rings is 2. The molecule has 2 N–H and O–H groups in total. The molecule has 0 amide bonds. The van der Waals surface area contributed by atoms with Crippen molar-refractivity contribution in [3.05, 3.63) is 54.1 Å². The molecule has 2 aromatic rings. The Morgan fingerprint density at radius 2 is 1.58 bits per heavy atom. The Morgan fingerprint density at radius 3 is 2.23 bits per heavy atom.